The van der Waals surface area contributed by atoms with E-state index in [0.29, 0.717) is 12.0 Å². The van der Waals surface area contributed by atoms with Gasteiger partial charge in [0.2, 0.25) is 0 Å². The molecule has 0 fully saturated rings. The van der Waals surface area contributed by atoms with E-state index in [0.717, 1.165) is 4.90 Å². The van der Waals surface area contributed by atoms with Crippen LogP contribution in [-0.2, 0) is 0 Å². The van der Waals surface area contributed by atoms with E-state index in [1.165, 1.54) is 0 Å². The summed E-state index contributed by atoms with van der Waals surface area (Å²) in [6.45, 7) is 1.86. The molecule has 0 aliphatic rings. The van der Waals surface area contributed by atoms with Crippen LogP contribution in [0.1, 0.15) is 23.7 Å². The van der Waals surface area contributed by atoms with E-state index in [1.807, 2.05) is 6.92 Å². The van der Waals surface area contributed by atoms with Crippen LogP contribution < -0.4 is 0 Å². The average molecular weight is 234 g/mol. The van der Waals surface area contributed by atoms with Crippen LogP contribution >= 0.6 is 12.6 Å². The molecule has 0 spiro atoms. The van der Waals surface area contributed by atoms with E-state index < -0.39 is 0 Å². The molecule has 0 aromatic heterocycles. The number of amides is 1. The Labute approximate surface area is 101 Å². The van der Waals surface area contributed by atoms with Gasteiger partial charge in [0.05, 0.1) is 12.5 Å². The van der Waals surface area contributed by atoms with Gasteiger partial charge in [0.25, 0.3) is 5.91 Å². The first-order valence-electron chi connectivity index (χ1n) is 4.99. The van der Waals surface area contributed by atoms with Crippen LogP contribution in [0, 0.1) is 11.3 Å². The van der Waals surface area contributed by atoms with E-state index >= 15 is 0 Å². The summed E-state index contributed by atoms with van der Waals surface area (Å²) in [5, 5.41) is 8.58. The summed E-state index contributed by atoms with van der Waals surface area (Å²) in [6.07, 6.45) is 0.340. The van der Waals surface area contributed by atoms with Crippen molar-refractivity contribution < 1.29 is 4.79 Å². The molecule has 0 radical (unpaired) electrons. The third-order valence-corrected chi connectivity index (χ3v) is 2.78. The van der Waals surface area contributed by atoms with Crippen molar-refractivity contribution >= 4 is 18.5 Å². The molecule has 0 bridgehead atoms. The molecule has 1 aromatic carbocycles. The molecule has 1 unspecified atom stereocenters. The van der Waals surface area contributed by atoms with Crippen LogP contribution in [0.4, 0.5) is 0 Å². The molecule has 1 amide bonds. The fraction of sp³-hybridized carbons (Fsp3) is 0.333. The number of nitriles is 1. The van der Waals surface area contributed by atoms with Crippen molar-refractivity contribution in [2.45, 2.75) is 24.3 Å². The highest BCUT2D eigenvalue weighted by atomic mass is 32.1. The summed E-state index contributed by atoms with van der Waals surface area (Å²) in [5.74, 6) is -0.0731. The predicted molar refractivity (Wildman–Crippen MR) is 65.5 cm³/mol. The largest absolute Gasteiger partial charge is 0.338 e. The van der Waals surface area contributed by atoms with Crippen LogP contribution in [0.15, 0.2) is 29.2 Å². The van der Waals surface area contributed by atoms with Gasteiger partial charge in [-0.2, -0.15) is 5.26 Å². The molecule has 0 saturated heterocycles. The van der Waals surface area contributed by atoms with Crippen molar-refractivity contribution in [1.82, 2.24) is 4.90 Å². The molecule has 0 saturated carbocycles. The summed E-state index contributed by atoms with van der Waals surface area (Å²) in [4.78, 5) is 14.4. The van der Waals surface area contributed by atoms with Crippen molar-refractivity contribution in [3.63, 3.8) is 0 Å². The van der Waals surface area contributed by atoms with Gasteiger partial charge in [-0.1, -0.05) is 0 Å². The second kappa shape index (κ2) is 5.57. The maximum Gasteiger partial charge on any atom is 0.253 e. The molecule has 16 heavy (non-hydrogen) atoms. The highest BCUT2D eigenvalue weighted by Gasteiger charge is 2.16. The second-order valence-corrected chi connectivity index (χ2v) is 4.19. The number of carbonyl (C=O) groups excluding carboxylic acids is 1. The first-order valence-corrected chi connectivity index (χ1v) is 5.44. The zero-order valence-electron chi connectivity index (χ0n) is 9.34. The lowest BCUT2D eigenvalue weighted by Crippen LogP contribution is -2.34. The topological polar surface area (TPSA) is 44.1 Å². The number of hydrogen-bond donors (Lipinski definition) is 1. The number of nitrogens with zero attached hydrogens (tertiary/aromatic N) is 2. The SMILES string of the molecule is CC(CC#N)N(C)C(=O)c1ccc(S)cc1. The molecule has 0 heterocycles. The molecule has 0 N–H and O–H groups in total. The Morgan fingerprint density at radius 2 is 2.06 bits per heavy atom. The fourth-order valence-electron chi connectivity index (χ4n) is 1.28. The van der Waals surface area contributed by atoms with Gasteiger partial charge in [-0.25, -0.2) is 0 Å². The van der Waals surface area contributed by atoms with E-state index in [2.05, 4.69) is 18.7 Å². The lowest BCUT2D eigenvalue weighted by atomic mass is 10.1. The van der Waals surface area contributed by atoms with Gasteiger partial charge in [0.1, 0.15) is 0 Å². The molecule has 0 aliphatic heterocycles. The van der Waals surface area contributed by atoms with Crippen LogP contribution in [0.3, 0.4) is 0 Å². The standard InChI is InChI=1S/C12H14N2OS/c1-9(7-8-13)14(2)12(15)10-3-5-11(16)6-4-10/h3-6,9,16H,7H2,1-2H3. The van der Waals surface area contributed by atoms with E-state index in [1.54, 1.807) is 36.2 Å². The predicted octanol–water partition coefficient (Wildman–Crippen LogP) is 2.35. The minimum atomic E-state index is -0.0758. The van der Waals surface area contributed by atoms with Crippen molar-refractivity contribution in [2.75, 3.05) is 7.05 Å². The summed E-state index contributed by atoms with van der Waals surface area (Å²) >= 11 is 4.16. The van der Waals surface area contributed by atoms with Crippen molar-refractivity contribution in [3.8, 4) is 6.07 Å². The Hall–Kier alpha value is -1.47. The minimum absolute atomic E-state index is 0.0731. The molecule has 84 valence electrons. The number of carbonyl (C=O) groups is 1. The Balaban J connectivity index is 2.78. The van der Waals surface area contributed by atoms with Crippen LogP contribution in [0.5, 0.6) is 0 Å². The quantitative estimate of drug-likeness (QED) is 0.816. The molecule has 1 atom stereocenters. The zero-order chi connectivity index (χ0) is 12.1. The van der Waals surface area contributed by atoms with Crippen molar-refractivity contribution in [1.29, 1.82) is 5.26 Å². The van der Waals surface area contributed by atoms with Gasteiger partial charge < -0.3 is 4.90 Å². The molecular formula is C12H14N2OS. The second-order valence-electron chi connectivity index (χ2n) is 3.67. The summed E-state index contributed by atoms with van der Waals surface area (Å²) in [7, 11) is 1.71. The highest BCUT2D eigenvalue weighted by molar-refractivity contribution is 7.80. The number of rotatable bonds is 3. The van der Waals surface area contributed by atoms with Crippen LogP contribution in [0.2, 0.25) is 0 Å². The fourth-order valence-corrected chi connectivity index (χ4v) is 1.43. The van der Waals surface area contributed by atoms with Gasteiger partial charge >= 0.3 is 0 Å². The Morgan fingerprint density at radius 3 is 2.56 bits per heavy atom. The minimum Gasteiger partial charge on any atom is -0.338 e. The summed E-state index contributed by atoms with van der Waals surface area (Å²) in [6, 6.07) is 9.01. The van der Waals surface area contributed by atoms with Gasteiger partial charge in [0, 0.05) is 23.5 Å². The zero-order valence-corrected chi connectivity index (χ0v) is 10.2. The van der Waals surface area contributed by atoms with Crippen molar-refractivity contribution in [2.24, 2.45) is 0 Å². The van der Waals surface area contributed by atoms with E-state index in [-0.39, 0.29) is 11.9 Å². The third kappa shape index (κ3) is 3.01. The van der Waals surface area contributed by atoms with E-state index in [4.69, 9.17) is 5.26 Å². The number of hydrogen-bond acceptors (Lipinski definition) is 3. The monoisotopic (exact) mass is 234 g/mol. The molecule has 3 nitrogen and oxygen atoms in total. The first kappa shape index (κ1) is 12.6. The Morgan fingerprint density at radius 1 is 1.50 bits per heavy atom. The van der Waals surface area contributed by atoms with Gasteiger partial charge in [0.15, 0.2) is 0 Å². The van der Waals surface area contributed by atoms with Gasteiger partial charge in [-0.05, 0) is 31.2 Å². The van der Waals surface area contributed by atoms with E-state index in [9.17, 15) is 4.79 Å². The molecular weight excluding hydrogens is 220 g/mol. The molecule has 1 rings (SSSR count). The maximum atomic E-state index is 12.0. The number of benzene rings is 1. The third-order valence-electron chi connectivity index (χ3n) is 2.48. The van der Waals surface area contributed by atoms with Crippen LogP contribution in [0.25, 0.3) is 0 Å². The van der Waals surface area contributed by atoms with Gasteiger partial charge in [-0.15, -0.1) is 12.6 Å². The summed E-state index contributed by atoms with van der Waals surface area (Å²) in [5.41, 5.74) is 0.616. The molecule has 0 aliphatic carbocycles. The van der Waals surface area contributed by atoms with Gasteiger partial charge in [-0.3, -0.25) is 4.79 Å². The Bertz CT molecular complexity index is 408. The lowest BCUT2D eigenvalue weighted by Gasteiger charge is -2.22. The normalized spacial score (nSPS) is 11.6. The Kier molecular flexibility index (Phi) is 4.39. The summed E-state index contributed by atoms with van der Waals surface area (Å²) < 4.78 is 0. The highest BCUT2D eigenvalue weighted by Crippen LogP contribution is 2.11. The number of thiol groups is 1. The van der Waals surface area contributed by atoms with Crippen molar-refractivity contribution in [3.05, 3.63) is 29.8 Å². The molecule has 4 heteroatoms. The molecule has 1 aromatic rings. The average Bonchev–Trinajstić information content (AvgIpc) is 2.28. The first-order chi connectivity index (χ1) is 7.56. The lowest BCUT2D eigenvalue weighted by molar-refractivity contribution is 0.0746. The smallest absolute Gasteiger partial charge is 0.253 e. The van der Waals surface area contributed by atoms with Crippen LogP contribution in [-0.4, -0.2) is 23.9 Å². The maximum absolute atomic E-state index is 12.0.